The summed E-state index contributed by atoms with van der Waals surface area (Å²) in [6, 6.07) is 8.38. The summed E-state index contributed by atoms with van der Waals surface area (Å²) in [4.78, 5) is 0.232. The van der Waals surface area contributed by atoms with Crippen molar-refractivity contribution in [3.8, 4) is 0 Å². The van der Waals surface area contributed by atoms with Gasteiger partial charge < -0.3 is 5.11 Å². The van der Waals surface area contributed by atoms with E-state index in [2.05, 4.69) is 10.3 Å². The summed E-state index contributed by atoms with van der Waals surface area (Å²) < 4.78 is 28.2. The molecule has 1 saturated heterocycles. The van der Waals surface area contributed by atoms with Crippen LogP contribution in [0.15, 0.2) is 41.4 Å². The van der Waals surface area contributed by atoms with Crippen LogP contribution in [0.3, 0.4) is 0 Å². The van der Waals surface area contributed by atoms with E-state index < -0.39 is 15.6 Å². The number of benzene rings is 1. The quantitative estimate of drug-likeness (QED) is 0.904. The first-order valence-corrected chi connectivity index (χ1v) is 8.97. The molecule has 1 aromatic heterocycles. The third-order valence-electron chi connectivity index (χ3n) is 4.11. The Kier molecular flexibility index (Phi) is 3.99. The van der Waals surface area contributed by atoms with Gasteiger partial charge in [0, 0.05) is 19.1 Å². The van der Waals surface area contributed by atoms with Crippen LogP contribution in [0.4, 0.5) is 0 Å². The van der Waals surface area contributed by atoms with E-state index >= 15 is 0 Å². The predicted molar refractivity (Wildman–Crippen MR) is 84.1 cm³/mol. The van der Waals surface area contributed by atoms with Gasteiger partial charge in [-0.15, -0.1) is 5.10 Å². The molecule has 1 aliphatic heterocycles. The van der Waals surface area contributed by atoms with E-state index in [0.29, 0.717) is 12.1 Å². The SMILES string of the molecule is CC(C)n1cc([C@]2(O)CCN(S(=O)(=O)c3ccccc3)C2)nn1. The second-order valence-corrected chi connectivity index (χ2v) is 8.05. The van der Waals surface area contributed by atoms with E-state index in [4.69, 9.17) is 0 Å². The molecular weight excluding hydrogens is 316 g/mol. The van der Waals surface area contributed by atoms with Crippen LogP contribution >= 0.6 is 0 Å². The van der Waals surface area contributed by atoms with Crippen molar-refractivity contribution in [1.82, 2.24) is 19.3 Å². The molecule has 0 spiro atoms. The number of sulfonamides is 1. The van der Waals surface area contributed by atoms with E-state index in [0.717, 1.165) is 0 Å². The van der Waals surface area contributed by atoms with Gasteiger partial charge >= 0.3 is 0 Å². The molecule has 1 fully saturated rings. The van der Waals surface area contributed by atoms with Gasteiger partial charge in [-0.05, 0) is 32.4 Å². The third kappa shape index (κ3) is 2.89. The van der Waals surface area contributed by atoms with Crippen LogP contribution in [0, 0.1) is 0 Å². The van der Waals surface area contributed by atoms with Crippen molar-refractivity contribution in [3.05, 3.63) is 42.2 Å². The van der Waals surface area contributed by atoms with Crippen LogP contribution in [-0.2, 0) is 15.6 Å². The summed E-state index contributed by atoms with van der Waals surface area (Å²) in [7, 11) is -3.61. The fourth-order valence-electron chi connectivity index (χ4n) is 2.66. The van der Waals surface area contributed by atoms with E-state index in [1.807, 2.05) is 13.8 Å². The Morgan fingerprint density at radius 3 is 2.57 bits per heavy atom. The first-order valence-electron chi connectivity index (χ1n) is 7.53. The summed E-state index contributed by atoms with van der Waals surface area (Å²) in [5.41, 5.74) is -0.883. The maximum absolute atomic E-state index is 12.6. The van der Waals surface area contributed by atoms with Crippen molar-refractivity contribution in [2.45, 2.75) is 36.8 Å². The highest BCUT2D eigenvalue weighted by atomic mass is 32.2. The molecule has 0 unspecified atom stereocenters. The fraction of sp³-hybridized carbons (Fsp3) is 0.467. The molecule has 2 heterocycles. The second-order valence-electron chi connectivity index (χ2n) is 6.11. The molecule has 0 saturated carbocycles. The van der Waals surface area contributed by atoms with Gasteiger partial charge in [-0.3, -0.25) is 0 Å². The Hall–Kier alpha value is -1.77. The number of β-amino-alcohol motifs (C(OH)–C–C–N with tert-alkyl or cyclic N) is 1. The highest BCUT2D eigenvalue weighted by molar-refractivity contribution is 7.89. The number of rotatable bonds is 4. The molecule has 0 radical (unpaired) electrons. The summed E-state index contributed by atoms with van der Waals surface area (Å²) in [6.45, 7) is 4.16. The van der Waals surface area contributed by atoms with Gasteiger partial charge in [0.05, 0.1) is 11.1 Å². The molecular formula is C15H20N4O3S. The average molecular weight is 336 g/mol. The van der Waals surface area contributed by atoms with Crippen LogP contribution in [0.5, 0.6) is 0 Å². The normalized spacial score (nSPS) is 22.8. The van der Waals surface area contributed by atoms with Crippen LogP contribution in [0.1, 0.15) is 32.0 Å². The summed E-state index contributed by atoms with van der Waals surface area (Å²) in [5.74, 6) is 0. The number of aliphatic hydroxyl groups is 1. The molecule has 8 heteroatoms. The zero-order valence-electron chi connectivity index (χ0n) is 13.1. The molecule has 0 amide bonds. The lowest BCUT2D eigenvalue weighted by molar-refractivity contribution is 0.0484. The third-order valence-corrected chi connectivity index (χ3v) is 5.97. The van der Waals surface area contributed by atoms with Crippen molar-refractivity contribution in [2.24, 2.45) is 0 Å². The summed E-state index contributed by atoms with van der Waals surface area (Å²) in [5, 5.41) is 18.8. The van der Waals surface area contributed by atoms with Gasteiger partial charge in [0.2, 0.25) is 10.0 Å². The van der Waals surface area contributed by atoms with Crippen molar-refractivity contribution < 1.29 is 13.5 Å². The van der Waals surface area contributed by atoms with Crippen LogP contribution in [-0.4, -0.2) is 45.9 Å². The van der Waals surface area contributed by atoms with E-state index in [1.165, 1.54) is 4.31 Å². The first kappa shape index (κ1) is 16.1. The highest BCUT2D eigenvalue weighted by Crippen LogP contribution is 2.33. The monoisotopic (exact) mass is 336 g/mol. The second kappa shape index (κ2) is 5.70. The minimum Gasteiger partial charge on any atom is -0.382 e. The fourth-order valence-corrected chi connectivity index (χ4v) is 4.17. The van der Waals surface area contributed by atoms with Crippen LogP contribution < -0.4 is 0 Å². The van der Waals surface area contributed by atoms with Crippen molar-refractivity contribution >= 4 is 10.0 Å². The Morgan fingerprint density at radius 1 is 1.26 bits per heavy atom. The molecule has 1 N–H and O–H groups in total. The summed E-state index contributed by atoms with van der Waals surface area (Å²) >= 11 is 0. The Bertz CT molecular complexity index is 788. The minimum atomic E-state index is -3.61. The average Bonchev–Trinajstić information content (AvgIpc) is 3.16. The zero-order valence-corrected chi connectivity index (χ0v) is 13.9. The smallest absolute Gasteiger partial charge is 0.243 e. The van der Waals surface area contributed by atoms with Crippen molar-refractivity contribution in [1.29, 1.82) is 0 Å². The zero-order chi connectivity index (χ0) is 16.7. The maximum atomic E-state index is 12.6. The number of aromatic nitrogens is 3. The molecule has 1 atom stereocenters. The largest absolute Gasteiger partial charge is 0.382 e. The Labute approximate surface area is 135 Å². The van der Waals surface area contributed by atoms with Gasteiger partial charge in [-0.1, -0.05) is 23.4 Å². The first-order chi connectivity index (χ1) is 10.8. The van der Waals surface area contributed by atoms with E-state index in [9.17, 15) is 13.5 Å². The predicted octanol–water partition coefficient (Wildman–Crippen LogP) is 1.14. The lowest BCUT2D eigenvalue weighted by Gasteiger charge is -2.21. The lowest BCUT2D eigenvalue weighted by Crippen LogP contribution is -2.34. The van der Waals surface area contributed by atoms with Gasteiger partial charge in [-0.2, -0.15) is 4.31 Å². The standard InChI is InChI=1S/C15H20N4O3S/c1-12(2)19-10-14(16-17-19)15(20)8-9-18(11-15)23(21,22)13-6-4-3-5-7-13/h3-7,10,12,20H,8-9,11H2,1-2H3/t15-/m0/s1. The molecule has 124 valence electrons. The van der Waals surface area contributed by atoms with Crippen molar-refractivity contribution in [3.63, 3.8) is 0 Å². The van der Waals surface area contributed by atoms with Crippen LogP contribution in [0.2, 0.25) is 0 Å². The van der Waals surface area contributed by atoms with Gasteiger partial charge in [0.1, 0.15) is 11.3 Å². The topological polar surface area (TPSA) is 88.3 Å². The van der Waals surface area contributed by atoms with Gasteiger partial charge in [0.25, 0.3) is 0 Å². The number of hydrogen-bond acceptors (Lipinski definition) is 5. The molecule has 7 nitrogen and oxygen atoms in total. The molecule has 3 rings (SSSR count). The highest BCUT2D eigenvalue weighted by Gasteiger charge is 2.44. The maximum Gasteiger partial charge on any atom is 0.243 e. The lowest BCUT2D eigenvalue weighted by atomic mass is 10.00. The number of hydrogen-bond donors (Lipinski definition) is 1. The minimum absolute atomic E-state index is 0.0129. The van der Waals surface area contributed by atoms with Gasteiger partial charge in [-0.25, -0.2) is 13.1 Å². The van der Waals surface area contributed by atoms with E-state index in [-0.39, 0.29) is 24.0 Å². The van der Waals surface area contributed by atoms with E-state index in [1.54, 1.807) is 41.2 Å². The molecule has 0 aliphatic carbocycles. The molecule has 1 aliphatic rings. The molecule has 2 aromatic rings. The van der Waals surface area contributed by atoms with Crippen LogP contribution in [0.25, 0.3) is 0 Å². The van der Waals surface area contributed by atoms with Crippen molar-refractivity contribution in [2.75, 3.05) is 13.1 Å². The molecule has 1 aromatic carbocycles. The number of nitrogens with zero attached hydrogens (tertiary/aromatic N) is 4. The molecule has 0 bridgehead atoms. The Morgan fingerprint density at radius 2 is 1.96 bits per heavy atom. The summed E-state index contributed by atoms with van der Waals surface area (Å²) in [6.07, 6.45) is 1.99. The Balaban J connectivity index is 1.85. The van der Waals surface area contributed by atoms with Gasteiger partial charge in [0.15, 0.2) is 0 Å². The molecule has 23 heavy (non-hydrogen) atoms.